The fraction of sp³-hybridized carbons (Fsp3) is 0.182. The van der Waals surface area contributed by atoms with Crippen LogP contribution in [0.4, 0.5) is 13.2 Å². The molecule has 0 saturated carbocycles. The van der Waals surface area contributed by atoms with Gasteiger partial charge in [0, 0.05) is 4.92 Å². The Morgan fingerprint density at radius 3 is 2.47 bits per heavy atom. The molecule has 5 nitrogen and oxygen atoms in total. The van der Waals surface area contributed by atoms with Crippen LogP contribution in [0.15, 0.2) is 33.5 Å². The molecule has 0 amide bonds. The minimum Gasteiger partial charge on any atom is -0.451 e. The molecule has 8 heteroatoms. The van der Waals surface area contributed by atoms with Crippen LogP contribution in [0.5, 0.6) is 0 Å². The molecule has 100 valence electrons. The second kappa shape index (κ2) is 4.38. The van der Waals surface area contributed by atoms with E-state index in [4.69, 9.17) is 0 Å². The van der Waals surface area contributed by atoms with Crippen molar-refractivity contribution in [3.05, 3.63) is 55.9 Å². The molecule has 0 saturated heterocycles. The molecular formula is C11H6F3NO4. The van der Waals surface area contributed by atoms with Gasteiger partial charge in [-0.3, -0.25) is 14.9 Å². The van der Waals surface area contributed by atoms with E-state index in [2.05, 4.69) is 4.42 Å². The number of fused-ring (bicyclic) bond motifs is 1. The van der Waals surface area contributed by atoms with Crippen molar-refractivity contribution in [3.63, 3.8) is 0 Å². The Balaban J connectivity index is 2.85. The van der Waals surface area contributed by atoms with Crippen molar-refractivity contribution in [3.8, 4) is 0 Å². The lowest BCUT2D eigenvalue weighted by Gasteiger charge is -2.09. The van der Waals surface area contributed by atoms with Gasteiger partial charge in [0.15, 0.2) is 0 Å². The van der Waals surface area contributed by atoms with Crippen molar-refractivity contribution >= 4 is 11.0 Å². The van der Waals surface area contributed by atoms with Crippen molar-refractivity contribution in [1.82, 2.24) is 0 Å². The number of hydrogen-bond donors (Lipinski definition) is 0. The maximum Gasteiger partial charge on any atom is 0.450 e. The normalized spacial score (nSPS) is 11.7. The first kappa shape index (κ1) is 13.1. The van der Waals surface area contributed by atoms with Gasteiger partial charge >= 0.3 is 6.18 Å². The van der Waals surface area contributed by atoms with Crippen LogP contribution in [-0.2, 0) is 12.7 Å². The number of para-hydroxylation sites is 1. The van der Waals surface area contributed by atoms with Crippen molar-refractivity contribution < 1.29 is 22.5 Å². The second-order valence-electron chi connectivity index (χ2n) is 3.72. The van der Waals surface area contributed by atoms with Crippen LogP contribution in [0.2, 0.25) is 0 Å². The van der Waals surface area contributed by atoms with E-state index >= 15 is 0 Å². The highest BCUT2D eigenvalue weighted by Crippen LogP contribution is 2.33. The zero-order valence-corrected chi connectivity index (χ0v) is 9.23. The van der Waals surface area contributed by atoms with E-state index in [1.54, 1.807) is 0 Å². The van der Waals surface area contributed by atoms with E-state index in [1.807, 2.05) is 0 Å². The largest absolute Gasteiger partial charge is 0.451 e. The summed E-state index contributed by atoms with van der Waals surface area (Å²) in [6.07, 6.45) is -4.96. The molecule has 0 aliphatic heterocycles. The van der Waals surface area contributed by atoms with Gasteiger partial charge in [-0.25, -0.2) is 0 Å². The third-order valence-corrected chi connectivity index (χ3v) is 2.44. The number of rotatable bonds is 2. The standard InChI is InChI=1S/C11H6F3NO4/c12-11(13,14)10-7(5-15(17)18)9(16)6-3-1-2-4-8(6)19-10/h1-4H,5H2. The van der Waals surface area contributed by atoms with Crippen LogP contribution in [-0.4, -0.2) is 4.92 Å². The van der Waals surface area contributed by atoms with Crippen molar-refractivity contribution in [2.75, 3.05) is 0 Å². The van der Waals surface area contributed by atoms with Gasteiger partial charge in [-0.2, -0.15) is 13.2 Å². The first-order valence-corrected chi connectivity index (χ1v) is 5.04. The fourth-order valence-corrected chi connectivity index (χ4v) is 1.68. The van der Waals surface area contributed by atoms with E-state index in [9.17, 15) is 28.1 Å². The summed E-state index contributed by atoms with van der Waals surface area (Å²) in [6, 6.07) is 5.29. The minimum absolute atomic E-state index is 0.118. The summed E-state index contributed by atoms with van der Waals surface area (Å²) >= 11 is 0. The summed E-state index contributed by atoms with van der Waals surface area (Å²) in [7, 11) is 0. The molecule has 19 heavy (non-hydrogen) atoms. The Kier molecular flexibility index (Phi) is 3.01. The van der Waals surface area contributed by atoms with Gasteiger partial charge in [-0.05, 0) is 12.1 Å². The maximum absolute atomic E-state index is 12.8. The van der Waals surface area contributed by atoms with E-state index in [0.29, 0.717) is 0 Å². The molecule has 0 bridgehead atoms. The predicted octanol–water partition coefficient (Wildman–Crippen LogP) is 2.59. The smallest absolute Gasteiger partial charge is 0.450 e. The van der Waals surface area contributed by atoms with Gasteiger partial charge in [0.25, 0.3) is 0 Å². The van der Waals surface area contributed by atoms with Gasteiger partial charge < -0.3 is 4.42 Å². The first-order chi connectivity index (χ1) is 8.80. The topological polar surface area (TPSA) is 73.3 Å². The van der Waals surface area contributed by atoms with E-state index in [1.165, 1.54) is 24.3 Å². The van der Waals surface area contributed by atoms with Crippen LogP contribution in [0.3, 0.4) is 0 Å². The Labute approximate surface area is 103 Å². The average Bonchev–Trinajstić information content (AvgIpc) is 2.31. The highest BCUT2D eigenvalue weighted by Gasteiger charge is 2.40. The molecule has 1 heterocycles. The minimum atomic E-state index is -4.96. The third kappa shape index (κ3) is 2.42. The van der Waals surface area contributed by atoms with Crippen LogP contribution in [0.25, 0.3) is 11.0 Å². The molecule has 0 N–H and O–H groups in total. The van der Waals surface area contributed by atoms with Crippen LogP contribution >= 0.6 is 0 Å². The van der Waals surface area contributed by atoms with Crippen molar-refractivity contribution in [1.29, 1.82) is 0 Å². The SMILES string of the molecule is O=c1c(C[N+](=O)[O-])c(C(F)(F)F)oc2ccccc12. The molecule has 0 spiro atoms. The van der Waals surface area contributed by atoms with Crippen LogP contribution in [0, 0.1) is 10.1 Å². The lowest BCUT2D eigenvalue weighted by atomic mass is 10.1. The molecule has 0 aliphatic rings. The third-order valence-electron chi connectivity index (χ3n) is 2.44. The zero-order valence-electron chi connectivity index (χ0n) is 9.23. The monoisotopic (exact) mass is 273 g/mol. The molecule has 0 atom stereocenters. The van der Waals surface area contributed by atoms with E-state index in [0.717, 1.165) is 0 Å². The number of alkyl halides is 3. The molecule has 1 aromatic heterocycles. The van der Waals surface area contributed by atoms with Crippen molar-refractivity contribution in [2.45, 2.75) is 12.7 Å². The summed E-state index contributed by atoms with van der Waals surface area (Å²) in [4.78, 5) is 21.3. The molecular weight excluding hydrogens is 267 g/mol. The van der Waals surface area contributed by atoms with Gasteiger partial charge in [-0.15, -0.1) is 0 Å². The van der Waals surface area contributed by atoms with Gasteiger partial charge in [0.05, 0.1) is 5.39 Å². The predicted molar refractivity (Wildman–Crippen MR) is 58.2 cm³/mol. The summed E-state index contributed by atoms with van der Waals surface area (Å²) in [5.41, 5.74) is -2.28. The Morgan fingerprint density at radius 2 is 1.89 bits per heavy atom. The van der Waals surface area contributed by atoms with E-state index < -0.39 is 34.4 Å². The zero-order chi connectivity index (χ0) is 14.2. The van der Waals surface area contributed by atoms with Gasteiger partial charge in [0.1, 0.15) is 11.1 Å². The number of nitro groups is 1. The number of nitrogens with zero attached hydrogens (tertiary/aromatic N) is 1. The number of halogens is 3. The Hall–Kier alpha value is -2.38. The molecule has 2 aromatic rings. The van der Waals surface area contributed by atoms with Crippen LogP contribution in [0.1, 0.15) is 11.3 Å². The number of benzene rings is 1. The summed E-state index contributed by atoms with van der Waals surface area (Å²) in [5, 5.41) is 10.3. The Bertz CT molecular complexity index is 705. The molecule has 2 rings (SSSR count). The summed E-state index contributed by atoms with van der Waals surface area (Å²) in [6.45, 7) is -1.23. The van der Waals surface area contributed by atoms with E-state index in [-0.39, 0.29) is 11.0 Å². The molecule has 1 aromatic carbocycles. The molecule has 0 fully saturated rings. The average molecular weight is 273 g/mol. The summed E-state index contributed by atoms with van der Waals surface area (Å²) < 4.78 is 42.9. The summed E-state index contributed by atoms with van der Waals surface area (Å²) in [5.74, 6) is -1.62. The highest BCUT2D eigenvalue weighted by atomic mass is 19.4. The molecule has 0 aliphatic carbocycles. The fourth-order valence-electron chi connectivity index (χ4n) is 1.68. The van der Waals surface area contributed by atoms with Crippen molar-refractivity contribution in [2.24, 2.45) is 0 Å². The molecule has 0 unspecified atom stereocenters. The highest BCUT2D eigenvalue weighted by molar-refractivity contribution is 5.77. The second-order valence-corrected chi connectivity index (χ2v) is 3.72. The number of hydrogen-bond acceptors (Lipinski definition) is 4. The Morgan fingerprint density at radius 1 is 1.26 bits per heavy atom. The van der Waals surface area contributed by atoms with Crippen LogP contribution < -0.4 is 5.43 Å². The molecule has 0 radical (unpaired) electrons. The van der Waals surface area contributed by atoms with Gasteiger partial charge in [-0.1, -0.05) is 12.1 Å². The quantitative estimate of drug-likeness (QED) is 0.622. The lowest BCUT2D eigenvalue weighted by Crippen LogP contribution is -2.21. The van der Waals surface area contributed by atoms with Gasteiger partial charge in [0.2, 0.25) is 17.7 Å². The maximum atomic E-state index is 12.8. The first-order valence-electron chi connectivity index (χ1n) is 5.04. The lowest BCUT2D eigenvalue weighted by molar-refractivity contribution is -0.497.